The minimum absolute atomic E-state index is 0.184. The van der Waals surface area contributed by atoms with Gasteiger partial charge in [0, 0.05) is 49.2 Å². The summed E-state index contributed by atoms with van der Waals surface area (Å²) in [5.41, 5.74) is 0. The molecule has 0 saturated heterocycles. The van der Waals surface area contributed by atoms with E-state index >= 15 is 0 Å². The zero-order chi connectivity index (χ0) is 51.2. The van der Waals surface area contributed by atoms with Crippen LogP contribution in [0.1, 0.15) is 195 Å². The Balaban J connectivity index is 5.01. The SMILES string of the molecule is CCCCCCCSCCOC(=O)CCN(CCCN(C)CCCN(CCC(=O)OCCSCCCCCCC)CCC(=O)OCCSCCCCCCC)CCC(=O)OCCSCCCCCCC. The van der Waals surface area contributed by atoms with E-state index < -0.39 is 0 Å². The minimum Gasteiger partial charge on any atom is -0.465 e. The quantitative estimate of drug-likeness (QED) is 0.0327. The molecule has 0 aromatic carbocycles. The molecule has 0 rings (SSSR count). The summed E-state index contributed by atoms with van der Waals surface area (Å²) in [5.74, 6) is 7.01. The van der Waals surface area contributed by atoms with Crippen molar-refractivity contribution in [3.63, 3.8) is 0 Å². The fourth-order valence-corrected chi connectivity index (χ4v) is 10.9. The lowest BCUT2D eigenvalue weighted by Crippen LogP contribution is -2.34. The normalized spacial score (nSPS) is 11.5. The third-order valence-corrected chi connectivity index (χ3v) is 16.2. The number of rotatable bonds is 56. The molecule has 70 heavy (non-hydrogen) atoms. The highest BCUT2D eigenvalue weighted by atomic mass is 32.2. The molecule has 11 nitrogen and oxygen atoms in total. The molecule has 0 aliphatic carbocycles. The van der Waals surface area contributed by atoms with E-state index in [1.54, 1.807) is 0 Å². The Morgan fingerprint density at radius 2 is 0.543 bits per heavy atom. The van der Waals surface area contributed by atoms with E-state index in [-0.39, 0.29) is 23.9 Å². The van der Waals surface area contributed by atoms with Gasteiger partial charge in [-0.3, -0.25) is 19.2 Å². The largest absolute Gasteiger partial charge is 0.465 e. The number of carbonyl (C=O) groups excluding carboxylic acids is 4. The van der Waals surface area contributed by atoms with Gasteiger partial charge in [0.15, 0.2) is 0 Å². The minimum atomic E-state index is -0.184. The van der Waals surface area contributed by atoms with E-state index in [0.717, 1.165) is 85.0 Å². The molecule has 0 aliphatic rings. The first-order valence-corrected chi connectivity index (χ1v) is 32.9. The Hall–Kier alpha value is -0.840. The number of carbonyl (C=O) groups is 4. The summed E-state index contributed by atoms with van der Waals surface area (Å²) in [4.78, 5) is 57.6. The summed E-state index contributed by atoms with van der Waals surface area (Å²) in [5, 5.41) is 0. The van der Waals surface area contributed by atoms with Crippen molar-refractivity contribution in [3.05, 3.63) is 0 Å². The van der Waals surface area contributed by atoms with Crippen molar-refractivity contribution in [1.29, 1.82) is 0 Å². The molecule has 0 radical (unpaired) electrons. The molecular formula is C55H107N3O8S4. The van der Waals surface area contributed by atoms with Gasteiger partial charge in [0.1, 0.15) is 26.4 Å². The predicted octanol–water partition coefficient (Wildman–Crippen LogP) is 12.8. The van der Waals surface area contributed by atoms with Crippen LogP contribution in [0.5, 0.6) is 0 Å². The molecule has 0 unspecified atom stereocenters. The molecule has 0 bridgehead atoms. The second-order valence-corrected chi connectivity index (χ2v) is 23.6. The van der Waals surface area contributed by atoms with Gasteiger partial charge in [0.05, 0.1) is 25.7 Å². The Morgan fingerprint density at radius 3 is 0.786 bits per heavy atom. The molecule has 15 heteroatoms. The van der Waals surface area contributed by atoms with Crippen LogP contribution in [0.15, 0.2) is 0 Å². The number of thioether (sulfide) groups is 4. The molecule has 0 aromatic rings. The topological polar surface area (TPSA) is 115 Å². The van der Waals surface area contributed by atoms with Gasteiger partial charge in [-0.15, -0.1) is 0 Å². The van der Waals surface area contributed by atoms with Gasteiger partial charge in [0.2, 0.25) is 0 Å². The van der Waals surface area contributed by atoms with Gasteiger partial charge in [-0.25, -0.2) is 0 Å². The third kappa shape index (κ3) is 52.0. The maximum absolute atomic E-state index is 12.7. The van der Waals surface area contributed by atoms with Crippen LogP contribution in [0.3, 0.4) is 0 Å². The van der Waals surface area contributed by atoms with Crippen molar-refractivity contribution < 1.29 is 38.1 Å². The molecule has 0 N–H and O–H groups in total. The van der Waals surface area contributed by atoms with Crippen LogP contribution in [0, 0.1) is 0 Å². The highest BCUT2D eigenvalue weighted by Crippen LogP contribution is 2.13. The Bertz CT molecular complexity index is 1020. The first kappa shape index (κ1) is 69.2. The molecule has 0 saturated carbocycles. The summed E-state index contributed by atoms with van der Waals surface area (Å²) in [6.45, 7) is 16.1. The zero-order valence-corrected chi connectivity index (χ0v) is 49.0. The number of hydrogen-bond acceptors (Lipinski definition) is 15. The van der Waals surface area contributed by atoms with Crippen LogP contribution >= 0.6 is 47.0 Å². The summed E-state index contributed by atoms with van der Waals surface area (Å²) >= 11 is 7.43. The Labute approximate surface area is 447 Å². The fraction of sp³-hybridized carbons (Fsp3) is 0.927. The van der Waals surface area contributed by atoms with Gasteiger partial charge < -0.3 is 33.6 Å². The number of nitrogens with zero attached hydrogens (tertiary/aromatic N) is 3. The molecule has 0 aliphatic heterocycles. The van der Waals surface area contributed by atoms with Gasteiger partial charge in [-0.2, -0.15) is 47.0 Å². The zero-order valence-electron chi connectivity index (χ0n) is 45.8. The first-order valence-electron chi connectivity index (χ1n) is 28.3. The van der Waals surface area contributed by atoms with Crippen molar-refractivity contribution >= 4 is 70.9 Å². The maximum atomic E-state index is 12.7. The van der Waals surface area contributed by atoms with Gasteiger partial charge >= 0.3 is 23.9 Å². The van der Waals surface area contributed by atoms with E-state index in [9.17, 15) is 19.2 Å². The number of hydrogen-bond donors (Lipinski definition) is 0. The molecule has 0 heterocycles. The Morgan fingerprint density at radius 1 is 0.300 bits per heavy atom. The molecule has 0 fully saturated rings. The predicted molar refractivity (Wildman–Crippen MR) is 306 cm³/mol. The fourth-order valence-electron chi connectivity index (χ4n) is 7.69. The molecular weight excluding hydrogens is 959 g/mol. The van der Waals surface area contributed by atoms with Crippen molar-refractivity contribution in [2.75, 3.05) is 132 Å². The van der Waals surface area contributed by atoms with E-state index in [1.807, 2.05) is 47.0 Å². The van der Waals surface area contributed by atoms with Gasteiger partial charge in [-0.1, -0.05) is 130 Å². The van der Waals surface area contributed by atoms with Gasteiger partial charge in [-0.05, 0) is 94.8 Å². The number of ether oxygens (including phenoxy) is 4. The highest BCUT2D eigenvalue weighted by molar-refractivity contribution is 7.99. The highest BCUT2D eigenvalue weighted by Gasteiger charge is 2.15. The summed E-state index contributed by atoms with van der Waals surface area (Å²) in [7, 11) is 2.12. The standard InChI is InChI=1S/C55H107N3O8S4/c1-6-10-14-18-22-44-67-48-40-63-52(59)28-36-57(37-29-53(60)64-41-49-68-45-23-19-15-11-7-2)34-26-32-56(5)33-27-35-58(38-30-54(61)65-42-50-69-46-24-20-16-12-8-3)39-31-55(62)66-43-51-70-47-25-21-17-13-9-4/h6-51H2,1-5H3. The van der Waals surface area contributed by atoms with Crippen LogP contribution in [0.2, 0.25) is 0 Å². The van der Waals surface area contributed by atoms with Gasteiger partial charge in [0.25, 0.3) is 0 Å². The average molecular weight is 1070 g/mol. The Kier molecular flexibility index (Phi) is 55.2. The third-order valence-electron chi connectivity index (χ3n) is 12.1. The van der Waals surface area contributed by atoms with Crippen molar-refractivity contribution in [3.8, 4) is 0 Å². The first-order chi connectivity index (χ1) is 34.2. The summed E-state index contributed by atoms with van der Waals surface area (Å²) in [6, 6.07) is 0. The van der Waals surface area contributed by atoms with E-state index in [4.69, 9.17) is 18.9 Å². The van der Waals surface area contributed by atoms with Crippen LogP contribution in [-0.4, -0.2) is 170 Å². The molecule has 0 amide bonds. The van der Waals surface area contributed by atoms with Crippen molar-refractivity contribution in [1.82, 2.24) is 14.7 Å². The number of esters is 4. The molecule has 414 valence electrons. The maximum Gasteiger partial charge on any atom is 0.307 e. The molecule has 0 aromatic heterocycles. The van der Waals surface area contributed by atoms with Crippen molar-refractivity contribution in [2.45, 2.75) is 195 Å². The number of unbranched alkanes of at least 4 members (excludes halogenated alkanes) is 16. The van der Waals surface area contributed by atoms with Crippen molar-refractivity contribution in [2.24, 2.45) is 0 Å². The summed E-state index contributed by atoms with van der Waals surface area (Å²) in [6.07, 6.45) is 28.3. The monoisotopic (exact) mass is 1070 g/mol. The lowest BCUT2D eigenvalue weighted by atomic mass is 10.2. The van der Waals surface area contributed by atoms with Crippen LogP contribution in [-0.2, 0) is 38.1 Å². The van der Waals surface area contributed by atoms with E-state index in [1.165, 1.54) is 128 Å². The summed E-state index contributed by atoms with van der Waals surface area (Å²) < 4.78 is 22.3. The molecule has 0 atom stereocenters. The van der Waals surface area contributed by atoms with Crippen LogP contribution in [0.4, 0.5) is 0 Å². The lowest BCUT2D eigenvalue weighted by Gasteiger charge is -2.25. The molecule has 0 spiro atoms. The van der Waals surface area contributed by atoms with E-state index in [0.29, 0.717) is 78.3 Å². The van der Waals surface area contributed by atoms with Crippen LogP contribution in [0.25, 0.3) is 0 Å². The second-order valence-electron chi connectivity index (χ2n) is 18.7. The lowest BCUT2D eigenvalue weighted by molar-refractivity contribution is -0.145. The second kappa shape index (κ2) is 55.9. The average Bonchev–Trinajstić information content (AvgIpc) is 3.35. The van der Waals surface area contributed by atoms with Crippen LogP contribution < -0.4 is 0 Å². The smallest absolute Gasteiger partial charge is 0.307 e. The van der Waals surface area contributed by atoms with E-state index in [2.05, 4.69) is 49.4 Å².